The van der Waals surface area contributed by atoms with Crippen LogP contribution in [0, 0.1) is 5.92 Å². The molecule has 19 heteroatoms. The maximum Gasteiger partial charge on any atom is 0.472 e. The van der Waals surface area contributed by atoms with Gasteiger partial charge in [0, 0.05) is 25.7 Å². The number of esters is 4. The third-order valence-electron chi connectivity index (χ3n) is 16.3. The predicted molar refractivity (Wildman–Crippen MR) is 358 cm³/mol. The van der Waals surface area contributed by atoms with E-state index in [1.54, 1.807) is 0 Å². The van der Waals surface area contributed by atoms with Crippen LogP contribution in [0.3, 0.4) is 0 Å². The van der Waals surface area contributed by atoms with Gasteiger partial charge in [0.2, 0.25) is 0 Å². The molecular formula is C70H136O17P2. The summed E-state index contributed by atoms with van der Waals surface area (Å²) in [4.78, 5) is 72.3. The Kier molecular flexibility index (Phi) is 62.1. The molecule has 5 atom stereocenters. The number of carbonyl (C=O) groups excluding carboxylic acids is 4. The highest BCUT2D eigenvalue weighted by molar-refractivity contribution is 7.47. The third-order valence-corrected chi connectivity index (χ3v) is 18.2. The molecule has 0 aliphatic rings. The van der Waals surface area contributed by atoms with Gasteiger partial charge in [-0.1, -0.05) is 311 Å². The van der Waals surface area contributed by atoms with Crippen LogP contribution in [0.5, 0.6) is 0 Å². The second-order valence-corrected chi connectivity index (χ2v) is 28.7. The molecule has 3 N–H and O–H groups in total. The average Bonchev–Trinajstić information content (AvgIpc) is 3.72. The van der Waals surface area contributed by atoms with Crippen molar-refractivity contribution >= 4 is 39.5 Å². The Hall–Kier alpha value is -1.94. The molecule has 0 heterocycles. The zero-order valence-electron chi connectivity index (χ0n) is 57.6. The predicted octanol–water partition coefficient (Wildman–Crippen LogP) is 20.1. The van der Waals surface area contributed by atoms with E-state index in [1.807, 2.05) is 0 Å². The number of aliphatic hydroxyl groups is 1. The van der Waals surface area contributed by atoms with E-state index in [4.69, 9.17) is 37.0 Å². The lowest BCUT2D eigenvalue weighted by Gasteiger charge is -2.21. The second kappa shape index (κ2) is 63.5. The summed E-state index contributed by atoms with van der Waals surface area (Å²) in [6.07, 6.45) is 50.1. The molecule has 2 unspecified atom stereocenters. The summed E-state index contributed by atoms with van der Waals surface area (Å²) < 4.78 is 68.1. The molecule has 0 aliphatic carbocycles. The van der Waals surface area contributed by atoms with Crippen LogP contribution in [0.4, 0.5) is 0 Å². The van der Waals surface area contributed by atoms with Crippen molar-refractivity contribution in [1.82, 2.24) is 0 Å². The summed E-state index contributed by atoms with van der Waals surface area (Å²) in [6.45, 7) is 7.22. The molecule has 0 fully saturated rings. The van der Waals surface area contributed by atoms with E-state index in [-0.39, 0.29) is 25.7 Å². The smallest absolute Gasteiger partial charge is 0.462 e. The normalized spacial score (nSPS) is 14.1. The van der Waals surface area contributed by atoms with Crippen molar-refractivity contribution in [2.75, 3.05) is 39.6 Å². The standard InChI is InChI=1S/C70H136O17P2/c1-6-9-12-15-18-21-22-23-24-25-29-32-35-40-44-49-54-68(73)81-60-66(87-70(75)56-51-46-41-36-33-30-27-26-28-31-34-37-42-47-52-63(4)5)62-85-89(78,79)83-58-64(71)57-82-88(76,77)84-61-65(86-69(74)55-50-45-39-20-17-14-11-8-3)59-80-67(72)53-48-43-38-19-16-13-10-7-2/h63-66,71H,6-62H2,1-5H3,(H,76,77)(H,78,79)/t64-,65+,66+/m0/s1. The Morgan fingerprint density at radius 3 is 0.764 bits per heavy atom. The van der Waals surface area contributed by atoms with Crippen molar-refractivity contribution in [3.8, 4) is 0 Å². The fourth-order valence-electron chi connectivity index (χ4n) is 10.6. The van der Waals surface area contributed by atoms with Crippen molar-refractivity contribution in [2.45, 2.75) is 380 Å². The van der Waals surface area contributed by atoms with Gasteiger partial charge in [-0.25, -0.2) is 9.13 Å². The third kappa shape index (κ3) is 64.6. The molecule has 0 radical (unpaired) electrons. The lowest BCUT2D eigenvalue weighted by molar-refractivity contribution is -0.161. The summed E-state index contributed by atoms with van der Waals surface area (Å²) in [5.41, 5.74) is 0. The summed E-state index contributed by atoms with van der Waals surface area (Å²) in [6, 6.07) is 0. The Morgan fingerprint density at radius 1 is 0.303 bits per heavy atom. The molecule has 0 aromatic heterocycles. The first-order chi connectivity index (χ1) is 43.0. The molecule has 0 aliphatic heterocycles. The monoisotopic (exact) mass is 1310 g/mol. The zero-order chi connectivity index (χ0) is 65.6. The molecule has 0 amide bonds. The van der Waals surface area contributed by atoms with E-state index in [1.165, 1.54) is 173 Å². The number of carbonyl (C=O) groups is 4. The summed E-state index contributed by atoms with van der Waals surface area (Å²) in [5, 5.41) is 10.6. The minimum atomic E-state index is -4.95. The quantitative estimate of drug-likeness (QED) is 0.0222. The Balaban J connectivity index is 5.18. The lowest BCUT2D eigenvalue weighted by atomic mass is 10.0. The molecule has 0 aromatic rings. The molecule has 0 bridgehead atoms. The number of rotatable bonds is 70. The first-order valence-corrected chi connectivity index (χ1v) is 39.6. The van der Waals surface area contributed by atoms with Gasteiger partial charge in [-0.3, -0.25) is 37.3 Å². The van der Waals surface area contributed by atoms with E-state index in [9.17, 15) is 43.2 Å². The van der Waals surface area contributed by atoms with Crippen molar-refractivity contribution in [3.05, 3.63) is 0 Å². The van der Waals surface area contributed by atoms with Crippen LogP contribution >= 0.6 is 15.6 Å². The Bertz CT molecular complexity index is 1720. The number of phosphoric ester groups is 2. The molecular weight excluding hydrogens is 1170 g/mol. The first-order valence-electron chi connectivity index (χ1n) is 36.6. The highest BCUT2D eigenvalue weighted by Gasteiger charge is 2.30. The van der Waals surface area contributed by atoms with Crippen LogP contribution in [0.1, 0.15) is 362 Å². The van der Waals surface area contributed by atoms with Crippen LogP contribution in [0.15, 0.2) is 0 Å². The first kappa shape index (κ1) is 87.1. The van der Waals surface area contributed by atoms with Crippen molar-refractivity contribution < 1.29 is 80.2 Å². The highest BCUT2D eigenvalue weighted by Crippen LogP contribution is 2.45. The maximum absolute atomic E-state index is 13.0. The van der Waals surface area contributed by atoms with E-state index in [2.05, 4.69) is 34.6 Å². The fraction of sp³-hybridized carbons (Fsp3) is 0.943. The molecule has 89 heavy (non-hydrogen) atoms. The van der Waals surface area contributed by atoms with Crippen molar-refractivity contribution in [3.63, 3.8) is 0 Å². The second-order valence-electron chi connectivity index (χ2n) is 25.7. The molecule has 0 saturated heterocycles. The number of ether oxygens (including phenoxy) is 4. The van der Waals surface area contributed by atoms with Crippen LogP contribution in [0.25, 0.3) is 0 Å². The van der Waals surface area contributed by atoms with Gasteiger partial charge in [0.05, 0.1) is 26.4 Å². The average molecular weight is 1310 g/mol. The van der Waals surface area contributed by atoms with E-state index in [0.29, 0.717) is 25.7 Å². The molecule has 0 saturated carbocycles. The van der Waals surface area contributed by atoms with E-state index in [0.717, 1.165) is 109 Å². The van der Waals surface area contributed by atoms with E-state index < -0.39 is 97.5 Å². The number of unbranched alkanes of at least 4 members (excludes halogenated alkanes) is 42. The van der Waals surface area contributed by atoms with Gasteiger partial charge in [-0.05, 0) is 31.6 Å². The lowest BCUT2D eigenvalue weighted by Crippen LogP contribution is -2.30. The Morgan fingerprint density at radius 2 is 0.517 bits per heavy atom. The molecule has 528 valence electrons. The fourth-order valence-corrected chi connectivity index (χ4v) is 12.2. The van der Waals surface area contributed by atoms with Crippen molar-refractivity contribution in [1.29, 1.82) is 0 Å². The van der Waals surface area contributed by atoms with Gasteiger partial charge in [-0.15, -0.1) is 0 Å². The molecule has 0 spiro atoms. The molecule has 0 aromatic carbocycles. The van der Waals surface area contributed by atoms with Gasteiger partial charge >= 0.3 is 39.5 Å². The number of aliphatic hydroxyl groups excluding tert-OH is 1. The summed E-state index contributed by atoms with van der Waals surface area (Å²) in [5.74, 6) is -1.33. The Labute approximate surface area is 543 Å². The number of phosphoric acid groups is 2. The van der Waals surface area contributed by atoms with Crippen LogP contribution in [-0.2, 0) is 65.4 Å². The van der Waals surface area contributed by atoms with Crippen LogP contribution < -0.4 is 0 Å². The largest absolute Gasteiger partial charge is 0.472 e. The maximum atomic E-state index is 13.0. The minimum Gasteiger partial charge on any atom is -0.462 e. The van der Waals surface area contributed by atoms with Crippen LogP contribution in [-0.4, -0.2) is 96.7 Å². The van der Waals surface area contributed by atoms with Gasteiger partial charge in [0.1, 0.15) is 19.3 Å². The highest BCUT2D eigenvalue weighted by atomic mass is 31.2. The zero-order valence-corrected chi connectivity index (χ0v) is 59.4. The number of hydrogen-bond donors (Lipinski definition) is 3. The topological polar surface area (TPSA) is 237 Å². The van der Waals surface area contributed by atoms with Gasteiger partial charge < -0.3 is 33.8 Å². The minimum absolute atomic E-state index is 0.105. The van der Waals surface area contributed by atoms with E-state index >= 15 is 0 Å². The van der Waals surface area contributed by atoms with Crippen LogP contribution in [0.2, 0.25) is 0 Å². The van der Waals surface area contributed by atoms with Crippen molar-refractivity contribution in [2.24, 2.45) is 5.92 Å². The molecule has 17 nitrogen and oxygen atoms in total. The SMILES string of the molecule is CCCCCCCCCCCCCCCCCCC(=O)OC[C@H](COP(=O)(O)OC[C@@H](O)COP(=O)(O)OC[C@@H](COC(=O)CCCCCCCCCC)OC(=O)CCCCCCCCCC)OC(=O)CCCCCCCCCCCCCCCCC(C)C. The van der Waals surface area contributed by atoms with Gasteiger partial charge in [0.25, 0.3) is 0 Å². The summed E-state index contributed by atoms with van der Waals surface area (Å²) in [7, 11) is -9.89. The number of hydrogen-bond acceptors (Lipinski definition) is 15. The van der Waals surface area contributed by atoms with Gasteiger partial charge in [0.15, 0.2) is 12.2 Å². The van der Waals surface area contributed by atoms with Gasteiger partial charge in [-0.2, -0.15) is 0 Å². The summed E-state index contributed by atoms with van der Waals surface area (Å²) >= 11 is 0. The molecule has 0 rings (SSSR count).